The van der Waals surface area contributed by atoms with E-state index < -0.39 is 0 Å². The molecular formula is C10H13BiO. The van der Waals surface area contributed by atoms with Crippen molar-refractivity contribution in [3.63, 3.8) is 0 Å². The van der Waals surface area contributed by atoms with E-state index >= 15 is 0 Å². The van der Waals surface area contributed by atoms with E-state index in [1.807, 2.05) is 6.92 Å². The molecule has 0 fully saturated rings. The van der Waals surface area contributed by atoms with Gasteiger partial charge < -0.3 is 0 Å². The van der Waals surface area contributed by atoms with Crippen LogP contribution in [0.4, 0.5) is 0 Å². The third-order valence-electron chi connectivity index (χ3n) is 1.79. The summed E-state index contributed by atoms with van der Waals surface area (Å²) in [6.45, 7) is 5.71. The molecule has 1 nitrogen and oxygen atoms in total. The molecule has 0 heterocycles. The van der Waals surface area contributed by atoms with Gasteiger partial charge in [0.05, 0.1) is 0 Å². The van der Waals surface area contributed by atoms with Crippen molar-refractivity contribution in [2.45, 2.75) is 20.5 Å². The van der Waals surface area contributed by atoms with Gasteiger partial charge in [-0.05, 0) is 0 Å². The fraction of sp³-hybridized carbons (Fsp3) is 0.400. The van der Waals surface area contributed by atoms with Gasteiger partial charge in [0.1, 0.15) is 0 Å². The monoisotopic (exact) mass is 358 g/mol. The van der Waals surface area contributed by atoms with Crippen molar-refractivity contribution in [2.75, 3.05) is 6.61 Å². The Kier molecular flexibility index (Phi) is 4.17. The van der Waals surface area contributed by atoms with Gasteiger partial charge in [0, 0.05) is 0 Å². The molecule has 0 aliphatic carbocycles. The summed E-state index contributed by atoms with van der Waals surface area (Å²) >= 11 is 1.32. The first-order chi connectivity index (χ1) is 5.74. The molecule has 0 N–H and O–H groups in total. The second-order valence-corrected chi connectivity index (χ2v) is 4.76. The zero-order valence-corrected chi connectivity index (χ0v) is 11.0. The summed E-state index contributed by atoms with van der Waals surface area (Å²) in [7, 11) is 0. The van der Waals surface area contributed by atoms with Gasteiger partial charge in [-0.3, -0.25) is 0 Å². The van der Waals surface area contributed by atoms with Crippen molar-refractivity contribution in [2.24, 2.45) is 0 Å². The molecule has 0 atom stereocenters. The average molecular weight is 358 g/mol. The molecule has 1 aromatic carbocycles. The Morgan fingerprint density at radius 1 is 1.42 bits per heavy atom. The summed E-state index contributed by atoms with van der Waals surface area (Å²) in [5.41, 5.74) is 2.66. The second-order valence-electron chi connectivity index (χ2n) is 2.75. The van der Waals surface area contributed by atoms with Crippen LogP contribution in [0.25, 0.3) is 0 Å². The number of hydrogen-bond donors (Lipinski definition) is 0. The van der Waals surface area contributed by atoms with Crippen molar-refractivity contribution in [3.8, 4) is 0 Å². The number of hydrogen-bond acceptors (Lipinski definition) is 1. The molecule has 2 heteroatoms. The van der Waals surface area contributed by atoms with E-state index in [0.29, 0.717) is 0 Å². The second kappa shape index (κ2) is 4.94. The van der Waals surface area contributed by atoms with Crippen LogP contribution in [0.1, 0.15) is 18.1 Å². The maximum absolute atomic E-state index is 5.37. The molecule has 0 amide bonds. The molecule has 0 spiro atoms. The van der Waals surface area contributed by atoms with Gasteiger partial charge in [0.25, 0.3) is 0 Å². The minimum absolute atomic E-state index is 0.758. The van der Waals surface area contributed by atoms with E-state index in [1.165, 1.54) is 39.1 Å². The van der Waals surface area contributed by atoms with Crippen LogP contribution >= 0.6 is 0 Å². The summed E-state index contributed by atoms with van der Waals surface area (Å²) in [4.78, 5) is 0. The van der Waals surface area contributed by atoms with Crippen molar-refractivity contribution in [1.29, 1.82) is 0 Å². The molecular weight excluding hydrogens is 345 g/mol. The third kappa shape index (κ3) is 2.84. The van der Waals surface area contributed by atoms with E-state index in [-0.39, 0.29) is 0 Å². The Labute approximate surface area is 89.0 Å². The van der Waals surface area contributed by atoms with Crippen LogP contribution in [0.2, 0.25) is 0 Å². The molecule has 12 heavy (non-hydrogen) atoms. The molecule has 0 aliphatic heterocycles. The van der Waals surface area contributed by atoms with Gasteiger partial charge >= 0.3 is 89.1 Å². The van der Waals surface area contributed by atoms with Crippen molar-refractivity contribution < 1.29 is 4.74 Å². The number of ether oxygens (including phenoxy) is 1. The van der Waals surface area contributed by atoms with Crippen LogP contribution in [-0.4, -0.2) is 31.3 Å². The molecule has 0 aromatic heterocycles. The fourth-order valence-electron chi connectivity index (χ4n) is 1.03. The predicted octanol–water partition coefficient (Wildman–Crippen LogP) is 1.33. The SMILES string of the molecule is CCOCc1c[c]([Bi])ccc1C. The molecule has 1 rings (SSSR count). The van der Waals surface area contributed by atoms with Crippen LogP contribution < -0.4 is 3.27 Å². The molecule has 0 saturated carbocycles. The van der Waals surface area contributed by atoms with E-state index in [4.69, 9.17) is 4.74 Å². The van der Waals surface area contributed by atoms with Crippen molar-refractivity contribution in [3.05, 3.63) is 29.3 Å². The fourth-order valence-corrected chi connectivity index (χ4v) is 1.92. The van der Waals surface area contributed by atoms with Gasteiger partial charge in [-0.15, -0.1) is 0 Å². The van der Waals surface area contributed by atoms with E-state index in [0.717, 1.165) is 13.2 Å². The Balaban J connectivity index is 2.75. The van der Waals surface area contributed by atoms with Gasteiger partial charge in [0.2, 0.25) is 0 Å². The van der Waals surface area contributed by atoms with Crippen LogP contribution in [-0.2, 0) is 11.3 Å². The van der Waals surface area contributed by atoms with Gasteiger partial charge in [0.15, 0.2) is 0 Å². The number of rotatable bonds is 3. The van der Waals surface area contributed by atoms with Crippen molar-refractivity contribution >= 4 is 28.0 Å². The summed E-state index contributed by atoms with van der Waals surface area (Å²) in [6.07, 6.45) is 0. The van der Waals surface area contributed by atoms with E-state index in [1.54, 1.807) is 0 Å². The summed E-state index contributed by atoms with van der Waals surface area (Å²) in [5, 5.41) is 0. The maximum atomic E-state index is 5.37. The molecule has 0 saturated heterocycles. The van der Waals surface area contributed by atoms with Gasteiger partial charge in [-0.25, -0.2) is 0 Å². The van der Waals surface area contributed by atoms with Crippen LogP contribution in [0.15, 0.2) is 18.2 Å². The van der Waals surface area contributed by atoms with Crippen LogP contribution in [0.3, 0.4) is 0 Å². The zero-order valence-electron chi connectivity index (χ0n) is 7.50. The molecule has 2 radical (unpaired) electrons. The van der Waals surface area contributed by atoms with E-state index in [9.17, 15) is 0 Å². The Morgan fingerprint density at radius 3 is 2.83 bits per heavy atom. The molecule has 0 aliphatic rings. The average Bonchev–Trinajstić information content (AvgIpc) is 2.07. The quantitative estimate of drug-likeness (QED) is 0.741. The number of aryl methyl sites for hydroxylation is 1. The Morgan fingerprint density at radius 2 is 2.17 bits per heavy atom. The van der Waals surface area contributed by atoms with E-state index in [2.05, 4.69) is 25.1 Å². The normalized spacial score (nSPS) is 10.2. The zero-order chi connectivity index (χ0) is 8.97. The topological polar surface area (TPSA) is 9.23 Å². The Bertz CT molecular complexity index is 258. The molecule has 1 aromatic rings. The van der Waals surface area contributed by atoms with Gasteiger partial charge in [-0.2, -0.15) is 0 Å². The standard InChI is InChI=1S/C10H13O.Bi/c1-3-11-8-10-7-5-4-6-9(10)2;/h4,6-7H,3,8H2,1-2H3;. The van der Waals surface area contributed by atoms with Crippen LogP contribution in [0.5, 0.6) is 0 Å². The first kappa shape index (κ1) is 10.1. The molecule has 0 unspecified atom stereocenters. The first-order valence-electron chi connectivity index (χ1n) is 4.10. The van der Waals surface area contributed by atoms with Gasteiger partial charge in [-0.1, -0.05) is 0 Å². The summed E-state index contributed by atoms with van der Waals surface area (Å²) in [5.74, 6) is 0. The third-order valence-corrected chi connectivity index (χ3v) is 2.88. The first-order valence-corrected chi connectivity index (χ1v) is 5.84. The summed E-state index contributed by atoms with van der Waals surface area (Å²) < 4.78 is 6.78. The Hall–Kier alpha value is 0.0631. The minimum atomic E-state index is 0.758. The summed E-state index contributed by atoms with van der Waals surface area (Å²) in [6, 6.07) is 6.58. The van der Waals surface area contributed by atoms with Crippen molar-refractivity contribution in [1.82, 2.24) is 0 Å². The number of benzene rings is 1. The predicted molar refractivity (Wildman–Crippen MR) is 51.9 cm³/mol. The molecule has 64 valence electrons. The van der Waals surface area contributed by atoms with Crippen LogP contribution in [0, 0.1) is 6.92 Å². The molecule has 0 bridgehead atoms.